The van der Waals surface area contributed by atoms with Crippen LogP contribution in [0.1, 0.15) is 25.3 Å². The van der Waals surface area contributed by atoms with Gasteiger partial charge in [-0.1, -0.05) is 17.7 Å². The van der Waals surface area contributed by atoms with Crippen LogP contribution in [-0.4, -0.2) is 54.6 Å². The second-order valence-electron chi connectivity index (χ2n) is 7.02. The number of likely N-dealkylation sites (tertiary alicyclic amines) is 1. The number of fused-ring (bicyclic) bond motifs is 1. The molecule has 1 saturated heterocycles. The van der Waals surface area contributed by atoms with Gasteiger partial charge in [0.05, 0.1) is 0 Å². The number of halogens is 1. The highest BCUT2D eigenvalue weighted by Gasteiger charge is 2.19. The Morgan fingerprint density at radius 2 is 2.22 bits per heavy atom. The fourth-order valence-corrected chi connectivity index (χ4v) is 3.77. The molecule has 2 aromatic rings. The van der Waals surface area contributed by atoms with Crippen molar-refractivity contribution < 1.29 is 0 Å². The number of nitrogens with zero attached hydrogens (tertiary/aromatic N) is 2. The maximum atomic E-state index is 6.14. The molecule has 5 nitrogen and oxygen atoms in total. The molecule has 1 aromatic carbocycles. The summed E-state index contributed by atoms with van der Waals surface area (Å²) in [6.45, 7) is 10.7. The van der Waals surface area contributed by atoms with Gasteiger partial charge in [0, 0.05) is 60.9 Å². The van der Waals surface area contributed by atoms with Gasteiger partial charge in [-0.25, -0.2) is 0 Å². The first-order valence-electron chi connectivity index (χ1n) is 9.83. The van der Waals surface area contributed by atoms with Crippen molar-refractivity contribution in [2.45, 2.75) is 32.2 Å². The molecule has 1 aliphatic rings. The van der Waals surface area contributed by atoms with Crippen molar-refractivity contribution in [3.05, 3.63) is 47.6 Å². The van der Waals surface area contributed by atoms with Gasteiger partial charge in [-0.2, -0.15) is 0 Å². The molecule has 27 heavy (non-hydrogen) atoms. The molecule has 1 aromatic heterocycles. The summed E-state index contributed by atoms with van der Waals surface area (Å²) in [6.07, 6.45) is 7.20. The molecule has 0 unspecified atom stereocenters. The second-order valence-corrected chi connectivity index (χ2v) is 7.46. The summed E-state index contributed by atoms with van der Waals surface area (Å²) < 4.78 is 0. The Morgan fingerprint density at radius 1 is 1.41 bits per heavy atom. The highest BCUT2D eigenvalue weighted by Crippen LogP contribution is 2.22. The van der Waals surface area contributed by atoms with E-state index in [1.54, 1.807) is 0 Å². The third-order valence-electron chi connectivity index (χ3n) is 5.04. The molecular weight excluding hydrogens is 358 g/mol. The fraction of sp³-hybridized carbons (Fsp3) is 0.476. The number of hydrogen-bond donors (Lipinski definition) is 3. The Morgan fingerprint density at radius 3 is 2.96 bits per heavy atom. The van der Waals surface area contributed by atoms with Gasteiger partial charge in [0.1, 0.15) is 0 Å². The number of piperidine rings is 1. The largest absolute Gasteiger partial charge is 0.361 e. The minimum Gasteiger partial charge on any atom is -0.361 e. The highest BCUT2D eigenvalue weighted by molar-refractivity contribution is 6.31. The first-order chi connectivity index (χ1) is 13.2. The topological polar surface area (TPSA) is 55.5 Å². The molecule has 0 bridgehead atoms. The fourth-order valence-electron chi connectivity index (χ4n) is 3.60. The lowest BCUT2D eigenvalue weighted by Gasteiger charge is -2.32. The van der Waals surface area contributed by atoms with Crippen molar-refractivity contribution in [3.63, 3.8) is 0 Å². The SMILES string of the molecule is C=CCN1CCC(NC(=NCCc2c[nH]c3ccc(Cl)cc23)NCC)CC1. The maximum Gasteiger partial charge on any atom is 0.191 e. The summed E-state index contributed by atoms with van der Waals surface area (Å²) >= 11 is 6.14. The van der Waals surface area contributed by atoms with E-state index in [1.165, 1.54) is 10.9 Å². The third-order valence-corrected chi connectivity index (χ3v) is 5.28. The van der Waals surface area contributed by atoms with Gasteiger partial charge >= 0.3 is 0 Å². The number of hydrogen-bond acceptors (Lipinski definition) is 2. The average molecular weight is 388 g/mol. The van der Waals surface area contributed by atoms with E-state index < -0.39 is 0 Å². The van der Waals surface area contributed by atoms with Crippen molar-refractivity contribution >= 4 is 28.5 Å². The lowest BCUT2D eigenvalue weighted by atomic mass is 10.1. The Bertz CT molecular complexity index is 774. The Hall–Kier alpha value is -1.98. The predicted octanol–water partition coefficient (Wildman–Crippen LogP) is 3.57. The average Bonchev–Trinajstić information content (AvgIpc) is 3.06. The van der Waals surface area contributed by atoms with Crippen molar-refractivity contribution in [3.8, 4) is 0 Å². The summed E-state index contributed by atoms with van der Waals surface area (Å²) in [5.41, 5.74) is 2.37. The van der Waals surface area contributed by atoms with Gasteiger partial charge in [0.15, 0.2) is 5.96 Å². The van der Waals surface area contributed by atoms with Crippen LogP contribution in [0.3, 0.4) is 0 Å². The van der Waals surface area contributed by atoms with E-state index in [9.17, 15) is 0 Å². The number of guanidine groups is 1. The van der Waals surface area contributed by atoms with Crippen LogP contribution in [0, 0.1) is 0 Å². The van der Waals surface area contributed by atoms with E-state index in [0.717, 1.165) is 68.5 Å². The summed E-state index contributed by atoms with van der Waals surface area (Å²) in [5.74, 6) is 0.914. The maximum absolute atomic E-state index is 6.14. The quantitative estimate of drug-likeness (QED) is 0.386. The van der Waals surface area contributed by atoms with Gasteiger partial charge in [-0.3, -0.25) is 9.89 Å². The predicted molar refractivity (Wildman–Crippen MR) is 116 cm³/mol. The molecule has 146 valence electrons. The van der Waals surface area contributed by atoms with Gasteiger partial charge in [0.25, 0.3) is 0 Å². The molecule has 0 amide bonds. The summed E-state index contributed by atoms with van der Waals surface area (Å²) in [6, 6.07) is 6.44. The number of rotatable bonds is 7. The lowest BCUT2D eigenvalue weighted by Crippen LogP contribution is -2.48. The molecule has 1 aliphatic heterocycles. The first-order valence-corrected chi connectivity index (χ1v) is 10.2. The molecule has 0 aliphatic carbocycles. The number of H-pyrrole nitrogens is 1. The molecule has 0 atom stereocenters. The van der Waals surface area contributed by atoms with Gasteiger partial charge in [0.2, 0.25) is 0 Å². The van der Waals surface area contributed by atoms with E-state index >= 15 is 0 Å². The number of nitrogens with one attached hydrogen (secondary N) is 3. The minimum atomic E-state index is 0.482. The Balaban J connectivity index is 1.55. The smallest absolute Gasteiger partial charge is 0.191 e. The van der Waals surface area contributed by atoms with Crippen LogP contribution < -0.4 is 10.6 Å². The van der Waals surface area contributed by atoms with Crippen LogP contribution in [0.15, 0.2) is 42.0 Å². The first kappa shape index (κ1) is 19.8. The molecule has 0 spiro atoms. The summed E-state index contributed by atoms with van der Waals surface area (Å²) in [7, 11) is 0. The van der Waals surface area contributed by atoms with Gasteiger partial charge in [-0.15, -0.1) is 6.58 Å². The number of aliphatic imine (C=N–C) groups is 1. The molecule has 6 heteroatoms. The minimum absolute atomic E-state index is 0.482. The van der Waals surface area contributed by atoms with E-state index in [4.69, 9.17) is 16.6 Å². The molecule has 0 radical (unpaired) electrons. The normalized spacial score (nSPS) is 16.6. The van der Waals surface area contributed by atoms with Crippen LogP contribution in [0.5, 0.6) is 0 Å². The lowest BCUT2D eigenvalue weighted by molar-refractivity contribution is 0.225. The van der Waals surface area contributed by atoms with E-state index in [0.29, 0.717) is 6.04 Å². The highest BCUT2D eigenvalue weighted by atomic mass is 35.5. The second kappa shape index (κ2) is 9.81. The molecule has 3 N–H and O–H groups in total. The van der Waals surface area contributed by atoms with Gasteiger partial charge < -0.3 is 15.6 Å². The number of aromatic amines is 1. The van der Waals surface area contributed by atoms with Crippen molar-refractivity contribution in [2.24, 2.45) is 4.99 Å². The zero-order valence-electron chi connectivity index (χ0n) is 16.1. The Labute approximate surface area is 166 Å². The van der Waals surface area contributed by atoms with Crippen LogP contribution in [0.25, 0.3) is 10.9 Å². The summed E-state index contributed by atoms with van der Waals surface area (Å²) in [5, 5.41) is 8.93. The van der Waals surface area contributed by atoms with Crippen LogP contribution >= 0.6 is 11.6 Å². The molecule has 2 heterocycles. The van der Waals surface area contributed by atoms with Crippen molar-refractivity contribution in [1.82, 2.24) is 20.5 Å². The molecule has 1 fully saturated rings. The molecular formula is C21H30ClN5. The van der Waals surface area contributed by atoms with Crippen molar-refractivity contribution in [2.75, 3.05) is 32.7 Å². The standard InChI is InChI=1S/C21H30ClN5/c1-3-11-27-12-8-18(9-13-27)26-21(23-4-2)24-10-7-16-15-25-20-6-5-17(22)14-19(16)20/h3,5-6,14-15,18,25H,1,4,7-13H2,2H3,(H2,23,24,26). The monoisotopic (exact) mass is 387 g/mol. The number of aromatic nitrogens is 1. The van der Waals surface area contributed by atoms with E-state index in [2.05, 4.69) is 40.2 Å². The summed E-state index contributed by atoms with van der Waals surface area (Å²) in [4.78, 5) is 10.5. The third kappa shape index (κ3) is 5.50. The number of benzene rings is 1. The molecule has 0 saturated carbocycles. The van der Waals surface area contributed by atoms with Crippen LogP contribution in [-0.2, 0) is 6.42 Å². The van der Waals surface area contributed by atoms with Crippen molar-refractivity contribution in [1.29, 1.82) is 0 Å². The zero-order chi connectivity index (χ0) is 19.1. The van der Waals surface area contributed by atoms with Crippen LogP contribution in [0.2, 0.25) is 5.02 Å². The van der Waals surface area contributed by atoms with Gasteiger partial charge in [-0.05, 0) is 49.9 Å². The van der Waals surface area contributed by atoms with E-state index in [-0.39, 0.29) is 0 Å². The zero-order valence-corrected chi connectivity index (χ0v) is 16.9. The molecule has 3 rings (SSSR count). The van der Waals surface area contributed by atoms with Crippen LogP contribution in [0.4, 0.5) is 0 Å². The van der Waals surface area contributed by atoms with E-state index in [1.807, 2.05) is 24.3 Å². The Kier molecular flexibility index (Phi) is 7.18.